The first-order valence-electron chi connectivity index (χ1n) is 6.30. The second kappa shape index (κ2) is 9.63. The van der Waals surface area contributed by atoms with Crippen LogP contribution in [0.2, 0.25) is 0 Å². The Balaban J connectivity index is 0.000000534. The van der Waals surface area contributed by atoms with E-state index >= 15 is 0 Å². The molecule has 22 heavy (non-hydrogen) atoms. The molecular formula is C11H22N2O9. The summed E-state index contributed by atoms with van der Waals surface area (Å²) < 4.78 is 9.70. The molecule has 0 aromatic rings. The molecule has 6 atom stereocenters. The van der Waals surface area contributed by atoms with Crippen LogP contribution in [0.1, 0.15) is 6.92 Å². The first kappa shape index (κ1) is 20.7. The molecule has 0 aromatic heterocycles. The van der Waals surface area contributed by atoms with Crippen LogP contribution in [0.15, 0.2) is 0 Å². The summed E-state index contributed by atoms with van der Waals surface area (Å²) in [5.41, 5.74) is 10.3. The average molecular weight is 326 g/mol. The SMILES string of the molecule is CC(=O)OC1O[C@H](CO)[C@H](O)[C@H](O)[C@H]1N.NC(CO)C(=O)O. The number of hydrogen-bond donors (Lipinski definition) is 7. The molecule has 1 fully saturated rings. The Morgan fingerprint density at radius 2 is 1.82 bits per heavy atom. The zero-order chi connectivity index (χ0) is 17.4. The molecule has 0 saturated carbocycles. The quantitative estimate of drug-likeness (QED) is 0.246. The number of aliphatic carboxylic acids is 1. The van der Waals surface area contributed by atoms with E-state index in [4.69, 9.17) is 31.5 Å². The minimum Gasteiger partial charge on any atom is -0.480 e. The van der Waals surface area contributed by atoms with E-state index in [9.17, 15) is 19.8 Å². The number of esters is 1. The second-order valence-electron chi connectivity index (χ2n) is 4.52. The van der Waals surface area contributed by atoms with E-state index in [0.717, 1.165) is 0 Å². The van der Waals surface area contributed by atoms with Crippen LogP contribution in [-0.2, 0) is 19.1 Å². The number of carboxylic acid groups (broad SMARTS) is 1. The molecule has 11 nitrogen and oxygen atoms in total. The minimum absolute atomic E-state index is 0.497. The van der Waals surface area contributed by atoms with E-state index < -0.39 is 61.8 Å². The standard InChI is InChI=1S/C8H15NO6.C3H7NO3/c1-3(11)14-8-5(9)7(13)6(12)4(2-10)15-8;4-2(1-5)3(6)7/h4-8,10,12-13H,2,9H2,1H3;2,5H,1,4H2,(H,6,7)/t4-,5-,6+,7-,8?;/m1./s1. The fraction of sp³-hybridized carbons (Fsp3) is 0.818. The highest BCUT2D eigenvalue weighted by Gasteiger charge is 2.43. The summed E-state index contributed by atoms with van der Waals surface area (Å²) in [7, 11) is 0. The highest BCUT2D eigenvalue weighted by Crippen LogP contribution is 2.20. The van der Waals surface area contributed by atoms with Gasteiger partial charge in [0.25, 0.3) is 0 Å². The number of hydrogen-bond acceptors (Lipinski definition) is 10. The number of carbonyl (C=O) groups excluding carboxylic acids is 1. The summed E-state index contributed by atoms with van der Waals surface area (Å²) >= 11 is 0. The van der Waals surface area contributed by atoms with Gasteiger partial charge in [-0.2, -0.15) is 0 Å². The van der Waals surface area contributed by atoms with Crippen LogP contribution in [0.4, 0.5) is 0 Å². The molecule has 11 heteroatoms. The van der Waals surface area contributed by atoms with Crippen LogP contribution in [0.3, 0.4) is 0 Å². The summed E-state index contributed by atoms with van der Waals surface area (Å²) in [6.45, 7) is 0.166. The van der Waals surface area contributed by atoms with Gasteiger partial charge >= 0.3 is 11.9 Å². The molecule has 130 valence electrons. The van der Waals surface area contributed by atoms with E-state index in [2.05, 4.69) is 4.74 Å². The molecule has 0 radical (unpaired) electrons. The van der Waals surface area contributed by atoms with Crippen molar-refractivity contribution in [2.24, 2.45) is 11.5 Å². The van der Waals surface area contributed by atoms with E-state index in [1.165, 1.54) is 6.92 Å². The molecular weight excluding hydrogens is 304 g/mol. The first-order valence-corrected chi connectivity index (χ1v) is 6.30. The predicted octanol–water partition coefficient (Wildman–Crippen LogP) is -4.29. The molecule has 0 bridgehead atoms. The van der Waals surface area contributed by atoms with Gasteiger partial charge in [0.15, 0.2) is 0 Å². The van der Waals surface area contributed by atoms with Crippen LogP contribution in [0.25, 0.3) is 0 Å². The first-order chi connectivity index (χ1) is 10.1. The molecule has 1 aliphatic rings. The van der Waals surface area contributed by atoms with Crippen molar-refractivity contribution >= 4 is 11.9 Å². The third-order valence-electron chi connectivity index (χ3n) is 2.72. The van der Waals surface area contributed by atoms with Crippen molar-refractivity contribution in [3.05, 3.63) is 0 Å². The van der Waals surface area contributed by atoms with Crippen LogP contribution < -0.4 is 11.5 Å². The van der Waals surface area contributed by atoms with Gasteiger partial charge in [0.2, 0.25) is 6.29 Å². The molecule has 0 amide bonds. The van der Waals surface area contributed by atoms with Gasteiger partial charge in [0, 0.05) is 6.92 Å². The average Bonchev–Trinajstić information content (AvgIpc) is 2.47. The Labute approximate surface area is 126 Å². The van der Waals surface area contributed by atoms with E-state index in [0.29, 0.717) is 0 Å². The topological polar surface area (TPSA) is 206 Å². The summed E-state index contributed by atoms with van der Waals surface area (Å²) in [5.74, 6) is -1.79. The maximum absolute atomic E-state index is 10.7. The molecule has 0 aliphatic carbocycles. The molecule has 0 aromatic carbocycles. The second-order valence-corrected chi connectivity index (χ2v) is 4.52. The van der Waals surface area contributed by atoms with Gasteiger partial charge in [-0.1, -0.05) is 0 Å². The number of rotatable bonds is 4. The summed E-state index contributed by atoms with van der Waals surface area (Å²) in [6.07, 6.45) is -4.76. The van der Waals surface area contributed by atoms with Crippen molar-refractivity contribution in [3.63, 3.8) is 0 Å². The van der Waals surface area contributed by atoms with Gasteiger partial charge in [-0.3, -0.25) is 9.59 Å². The van der Waals surface area contributed by atoms with Gasteiger partial charge < -0.3 is 46.5 Å². The third-order valence-corrected chi connectivity index (χ3v) is 2.72. The Morgan fingerprint density at radius 1 is 1.27 bits per heavy atom. The van der Waals surface area contributed by atoms with E-state index in [1.807, 2.05) is 0 Å². The Kier molecular flexibility index (Phi) is 9.04. The van der Waals surface area contributed by atoms with Gasteiger partial charge in [0.1, 0.15) is 24.4 Å². The van der Waals surface area contributed by atoms with Crippen molar-refractivity contribution < 1.29 is 44.6 Å². The monoisotopic (exact) mass is 326 g/mol. The zero-order valence-electron chi connectivity index (χ0n) is 11.9. The fourth-order valence-electron chi connectivity index (χ4n) is 1.45. The smallest absolute Gasteiger partial charge is 0.322 e. The highest BCUT2D eigenvalue weighted by molar-refractivity contribution is 5.73. The van der Waals surface area contributed by atoms with Crippen LogP contribution >= 0.6 is 0 Å². The molecule has 2 unspecified atom stereocenters. The molecule has 9 N–H and O–H groups in total. The van der Waals surface area contributed by atoms with Crippen LogP contribution in [0.5, 0.6) is 0 Å². The lowest BCUT2D eigenvalue weighted by Crippen LogP contribution is -2.62. The maximum Gasteiger partial charge on any atom is 0.322 e. The molecule has 1 heterocycles. The minimum atomic E-state index is -1.31. The molecule has 0 spiro atoms. The Morgan fingerprint density at radius 3 is 2.14 bits per heavy atom. The Hall–Kier alpha value is -1.34. The number of aliphatic hydroxyl groups excluding tert-OH is 4. The molecule has 1 rings (SSSR count). The van der Waals surface area contributed by atoms with Crippen molar-refractivity contribution in [2.75, 3.05) is 13.2 Å². The maximum atomic E-state index is 10.7. The number of aliphatic hydroxyl groups is 4. The third kappa shape index (κ3) is 6.19. The zero-order valence-corrected chi connectivity index (χ0v) is 11.9. The van der Waals surface area contributed by atoms with Gasteiger partial charge in [-0.15, -0.1) is 0 Å². The van der Waals surface area contributed by atoms with Crippen LogP contribution in [-0.4, -0.2) is 87.4 Å². The van der Waals surface area contributed by atoms with Crippen molar-refractivity contribution in [1.82, 2.24) is 0 Å². The highest BCUT2D eigenvalue weighted by atomic mass is 16.7. The largest absolute Gasteiger partial charge is 0.480 e. The number of nitrogens with two attached hydrogens (primary N) is 2. The van der Waals surface area contributed by atoms with E-state index in [1.54, 1.807) is 0 Å². The van der Waals surface area contributed by atoms with Crippen molar-refractivity contribution in [2.45, 2.75) is 43.6 Å². The predicted molar refractivity (Wildman–Crippen MR) is 70.2 cm³/mol. The Bertz CT molecular complexity index is 365. The molecule has 1 saturated heterocycles. The normalized spacial score (nSPS) is 32.4. The molecule has 1 aliphatic heterocycles. The van der Waals surface area contributed by atoms with Crippen molar-refractivity contribution in [3.8, 4) is 0 Å². The lowest BCUT2D eigenvalue weighted by molar-refractivity contribution is -0.258. The number of ether oxygens (including phenoxy) is 2. The van der Waals surface area contributed by atoms with Gasteiger partial charge in [-0.25, -0.2) is 0 Å². The lowest BCUT2D eigenvalue weighted by Gasteiger charge is -2.39. The summed E-state index contributed by atoms with van der Waals surface area (Å²) in [4.78, 5) is 20.3. The summed E-state index contributed by atoms with van der Waals surface area (Å²) in [6, 6.07) is -2.16. The summed E-state index contributed by atoms with van der Waals surface area (Å²) in [5, 5.41) is 43.6. The lowest BCUT2D eigenvalue weighted by atomic mass is 9.98. The van der Waals surface area contributed by atoms with Crippen LogP contribution in [0, 0.1) is 0 Å². The van der Waals surface area contributed by atoms with E-state index in [-0.39, 0.29) is 0 Å². The van der Waals surface area contributed by atoms with Gasteiger partial charge in [-0.05, 0) is 0 Å². The number of carbonyl (C=O) groups is 2. The fourth-order valence-corrected chi connectivity index (χ4v) is 1.45. The van der Waals surface area contributed by atoms with Gasteiger partial charge in [0.05, 0.1) is 19.3 Å². The number of carboxylic acids is 1. The van der Waals surface area contributed by atoms with Crippen molar-refractivity contribution in [1.29, 1.82) is 0 Å².